The molecule has 0 radical (unpaired) electrons. The van der Waals surface area contributed by atoms with Crippen molar-refractivity contribution >= 4 is 39.7 Å². The molecule has 0 saturated carbocycles. The van der Waals surface area contributed by atoms with Crippen molar-refractivity contribution in [1.29, 1.82) is 0 Å². The Labute approximate surface area is 112 Å². The van der Waals surface area contributed by atoms with Crippen LogP contribution in [0.2, 0.25) is 5.02 Å². The summed E-state index contributed by atoms with van der Waals surface area (Å²) >= 11 is 6.98. The molecule has 1 heterocycles. The number of nitrogens with one attached hydrogen (secondary N) is 1. The third-order valence-electron chi connectivity index (χ3n) is 2.00. The highest BCUT2D eigenvalue weighted by Crippen LogP contribution is 2.26. The van der Waals surface area contributed by atoms with E-state index in [9.17, 15) is 4.79 Å². The number of thiazole rings is 1. The number of nitrogens with zero attached hydrogens (tertiary/aromatic N) is 1. The van der Waals surface area contributed by atoms with Gasteiger partial charge in [-0.2, -0.15) is 0 Å². The minimum absolute atomic E-state index is 0.0177. The van der Waals surface area contributed by atoms with E-state index in [-0.39, 0.29) is 26.3 Å². The van der Waals surface area contributed by atoms with E-state index in [1.807, 2.05) is 0 Å². The van der Waals surface area contributed by atoms with Gasteiger partial charge in [0, 0.05) is 4.11 Å². The molecule has 17 heavy (non-hydrogen) atoms. The van der Waals surface area contributed by atoms with Crippen LogP contribution in [0.15, 0.2) is 24.4 Å². The number of rotatable bonds is 2. The fourth-order valence-corrected chi connectivity index (χ4v) is 2.02. The molecule has 0 aliphatic carbocycles. The Balaban J connectivity index is 2.36. The lowest BCUT2D eigenvalue weighted by Crippen LogP contribution is -2.11. The van der Waals surface area contributed by atoms with E-state index >= 15 is 0 Å². The molecule has 0 aliphatic rings. The Morgan fingerprint density at radius 1 is 1.65 bits per heavy atom. The maximum Gasteiger partial charge on any atom is 0.267 e. The lowest BCUT2D eigenvalue weighted by atomic mass is 10.2. The van der Waals surface area contributed by atoms with Gasteiger partial charge in [-0.1, -0.05) is 35.1 Å². The zero-order valence-corrected chi connectivity index (χ0v) is 10.1. The number of carbonyl (C=O) groups is 1. The van der Waals surface area contributed by atoms with Gasteiger partial charge in [-0.25, -0.2) is 4.98 Å². The topological polar surface area (TPSA) is 68.0 Å². The Kier molecular flexibility index (Phi) is 2.36. The van der Waals surface area contributed by atoms with Crippen LogP contribution in [0, 0.1) is 6.85 Å². The monoisotopic (exact) mass is 270 g/mol. The number of para-hydroxylation sites is 1. The van der Waals surface area contributed by atoms with E-state index in [1.165, 1.54) is 24.4 Å². The average molecular weight is 271 g/mol. The highest BCUT2D eigenvalue weighted by atomic mass is 35.5. The zero-order chi connectivity index (χ0) is 14.9. The van der Waals surface area contributed by atoms with Crippen LogP contribution >= 0.6 is 22.9 Å². The van der Waals surface area contributed by atoms with E-state index in [4.69, 9.17) is 21.4 Å². The first-order chi connectivity index (χ1) is 9.29. The van der Waals surface area contributed by atoms with Gasteiger partial charge in [0.05, 0.1) is 16.9 Å². The van der Waals surface area contributed by atoms with E-state index in [0.717, 1.165) is 11.3 Å². The third-order valence-corrected chi connectivity index (χ3v) is 3.14. The number of aromatic nitrogens is 1. The fraction of sp³-hybridized carbons (Fsp3) is 0.0909. The van der Waals surface area contributed by atoms with E-state index in [2.05, 4.69) is 10.3 Å². The van der Waals surface area contributed by atoms with Gasteiger partial charge in [-0.05, 0) is 18.5 Å². The number of carbonyl (C=O) groups excluding carboxylic acids is 1. The normalized spacial score (nSPS) is 13.6. The first kappa shape index (κ1) is 8.49. The number of anilines is 2. The van der Waals surface area contributed by atoms with Gasteiger partial charge in [-0.3, -0.25) is 4.79 Å². The van der Waals surface area contributed by atoms with E-state index in [0.29, 0.717) is 0 Å². The number of aryl methyl sites for hydroxylation is 1. The van der Waals surface area contributed by atoms with Crippen LogP contribution in [0.5, 0.6) is 0 Å². The maximum atomic E-state index is 12.0. The minimum Gasteiger partial charge on any atom is -0.375 e. The number of halogens is 1. The molecule has 0 unspecified atom stereocenters. The smallest absolute Gasteiger partial charge is 0.267 e. The number of amides is 1. The lowest BCUT2D eigenvalue weighted by Gasteiger charge is -2.08. The molecule has 88 valence electrons. The Hall–Kier alpha value is -1.59. The van der Waals surface area contributed by atoms with Crippen LogP contribution in [-0.2, 0) is 0 Å². The van der Waals surface area contributed by atoms with Gasteiger partial charge in [0.25, 0.3) is 5.91 Å². The van der Waals surface area contributed by atoms with Crippen molar-refractivity contribution in [3.05, 3.63) is 39.9 Å². The van der Waals surface area contributed by atoms with E-state index < -0.39 is 12.8 Å². The predicted molar refractivity (Wildman–Crippen MR) is 70.7 cm³/mol. The Morgan fingerprint density at radius 2 is 2.47 bits per heavy atom. The SMILES string of the molecule is [2H]C([2H])([2H])c1cccc(Cl)c1NC(=O)c1cnc(N)s1. The second-order valence-electron chi connectivity index (χ2n) is 3.18. The highest BCUT2D eigenvalue weighted by molar-refractivity contribution is 7.17. The van der Waals surface area contributed by atoms with Crippen molar-refractivity contribution in [3.63, 3.8) is 0 Å². The Morgan fingerprint density at radius 3 is 3.12 bits per heavy atom. The summed E-state index contributed by atoms with van der Waals surface area (Å²) in [5.41, 5.74) is 5.51. The molecule has 1 aromatic carbocycles. The van der Waals surface area contributed by atoms with E-state index in [1.54, 1.807) is 0 Å². The minimum atomic E-state index is -2.37. The highest BCUT2D eigenvalue weighted by Gasteiger charge is 2.12. The van der Waals surface area contributed by atoms with Gasteiger partial charge in [0.1, 0.15) is 4.88 Å². The molecule has 0 atom stereocenters. The maximum absolute atomic E-state index is 12.0. The molecule has 0 aliphatic heterocycles. The van der Waals surface area contributed by atoms with Gasteiger partial charge in [-0.15, -0.1) is 0 Å². The summed E-state index contributed by atoms with van der Waals surface area (Å²) in [7, 11) is 0. The molecular weight excluding hydrogens is 258 g/mol. The van der Waals surface area contributed by atoms with Crippen molar-refractivity contribution in [2.24, 2.45) is 0 Å². The molecule has 6 heteroatoms. The Bertz CT molecular complexity index is 657. The van der Waals surface area contributed by atoms with Gasteiger partial charge < -0.3 is 11.1 Å². The lowest BCUT2D eigenvalue weighted by molar-refractivity contribution is 0.103. The van der Waals surface area contributed by atoms with Crippen LogP contribution in [0.1, 0.15) is 19.3 Å². The molecule has 0 saturated heterocycles. The van der Waals surface area contributed by atoms with Crippen LogP contribution in [0.25, 0.3) is 0 Å². The predicted octanol–water partition coefficient (Wildman–Crippen LogP) is 2.94. The van der Waals surface area contributed by atoms with Gasteiger partial charge in [0.2, 0.25) is 0 Å². The van der Waals surface area contributed by atoms with Crippen molar-refractivity contribution in [2.45, 2.75) is 6.85 Å². The fourth-order valence-electron chi connectivity index (χ4n) is 1.22. The van der Waals surface area contributed by atoms with Gasteiger partial charge in [0.15, 0.2) is 5.13 Å². The first-order valence-corrected chi connectivity index (χ1v) is 5.80. The number of nitrogens with two attached hydrogens (primary N) is 1. The van der Waals surface area contributed by atoms with Crippen LogP contribution < -0.4 is 11.1 Å². The molecule has 0 spiro atoms. The summed E-state index contributed by atoms with van der Waals surface area (Å²) < 4.78 is 22.4. The first-order valence-electron chi connectivity index (χ1n) is 6.10. The summed E-state index contributed by atoms with van der Waals surface area (Å²) in [6, 6.07) is 4.42. The molecule has 2 rings (SSSR count). The molecule has 2 aromatic rings. The molecule has 1 amide bonds. The zero-order valence-electron chi connectivity index (χ0n) is 11.5. The second-order valence-corrected chi connectivity index (χ2v) is 4.65. The summed E-state index contributed by atoms with van der Waals surface area (Å²) in [6.07, 6.45) is 1.32. The van der Waals surface area contributed by atoms with Crippen LogP contribution in [0.3, 0.4) is 0 Å². The standard InChI is InChI=1S/C11H10ClN3OS/c1-6-3-2-4-7(12)9(6)15-10(16)8-5-14-11(13)17-8/h2-5H,1H3,(H2,13,14)(H,15,16)/i1D3. The molecular formula is C11H10ClN3OS. The second kappa shape index (κ2) is 4.73. The van der Waals surface area contributed by atoms with Crippen molar-refractivity contribution in [3.8, 4) is 0 Å². The van der Waals surface area contributed by atoms with Crippen LogP contribution in [0.4, 0.5) is 10.8 Å². The summed E-state index contributed by atoms with van der Waals surface area (Å²) in [4.78, 5) is 16.1. The molecule has 0 fully saturated rings. The number of benzene rings is 1. The van der Waals surface area contributed by atoms with Gasteiger partial charge >= 0.3 is 0 Å². The summed E-state index contributed by atoms with van der Waals surface area (Å²) in [6.45, 7) is -2.37. The number of hydrogen-bond acceptors (Lipinski definition) is 4. The van der Waals surface area contributed by atoms with Crippen molar-refractivity contribution in [2.75, 3.05) is 11.1 Å². The quantitative estimate of drug-likeness (QED) is 0.882. The van der Waals surface area contributed by atoms with Crippen LogP contribution in [-0.4, -0.2) is 10.9 Å². The number of hydrogen-bond donors (Lipinski definition) is 2. The third kappa shape index (κ3) is 2.57. The number of nitrogen functional groups attached to an aromatic ring is 1. The van der Waals surface area contributed by atoms with Crippen molar-refractivity contribution in [1.82, 2.24) is 4.98 Å². The summed E-state index contributed by atoms with van der Waals surface area (Å²) in [5, 5.41) is 2.91. The molecule has 3 N–H and O–H groups in total. The average Bonchev–Trinajstić information content (AvgIpc) is 2.77. The molecule has 1 aromatic heterocycles. The van der Waals surface area contributed by atoms with Crippen molar-refractivity contribution < 1.29 is 8.91 Å². The molecule has 0 bridgehead atoms. The largest absolute Gasteiger partial charge is 0.375 e. The summed E-state index contributed by atoms with van der Waals surface area (Å²) in [5.74, 6) is -0.502. The molecule has 4 nitrogen and oxygen atoms in total.